The number of para-hydroxylation sites is 1. The number of aromatic nitrogens is 2. The summed E-state index contributed by atoms with van der Waals surface area (Å²) < 4.78 is 46.2. The zero-order chi connectivity index (χ0) is 26.7. The predicted octanol–water partition coefficient (Wildman–Crippen LogP) is 3.40. The number of benzene rings is 2. The zero-order valence-corrected chi connectivity index (χ0v) is 20.7. The Kier molecular flexibility index (Phi) is 7.72. The molecule has 0 spiro atoms. The lowest BCUT2D eigenvalue weighted by molar-refractivity contribution is 0.0782. The van der Waals surface area contributed by atoms with E-state index in [0.717, 1.165) is 12.1 Å². The fourth-order valence-corrected chi connectivity index (χ4v) is 4.56. The van der Waals surface area contributed by atoms with Gasteiger partial charge in [0.15, 0.2) is 5.56 Å². The number of ether oxygens (including phenoxy) is 3. The summed E-state index contributed by atoms with van der Waals surface area (Å²) in [6.07, 6.45) is 0.286. The summed E-state index contributed by atoms with van der Waals surface area (Å²) in [5.74, 6) is -2.89. The molecule has 1 saturated heterocycles. The van der Waals surface area contributed by atoms with Crippen LogP contribution in [0.25, 0.3) is 5.69 Å². The minimum absolute atomic E-state index is 0.0245. The number of halogens is 2. The molecular formula is C26H27F2N3O6. The maximum Gasteiger partial charge on any atom is 0.289 e. The third-order valence-corrected chi connectivity index (χ3v) is 6.30. The van der Waals surface area contributed by atoms with Crippen molar-refractivity contribution < 1.29 is 32.9 Å². The van der Waals surface area contributed by atoms with Crippen molar-refractivity contribution in [2.45, 2.75) is 25.9 Å². The fourth-order valence-electron chi connectivity index (χ4n) is 4.56. The number of nitrogens with zero attached hydrogens (tertiary/aromatic N) is 3. The normalized spacial score (nSPS) is 15.2. The van der Waals surface area contributed by atoms with Gasteiger partial charge in [-0.2, -0.15) is 4.98 Å². The van der Waals surface area contributed by atoms with E-state index in [9.17, 15) is 23.5 Å². The van der Waals surface area contributed by atoms with E-state index in [1.54, 1.807) is 25.1 Å². The Morgan fingerprint density at radius 1 is 1.11 bits per heavy atom. The van der Waals surface area contributed by atoms with Crippen LogP contribution in [-0.2, 0) is 11.3 Å². The molecule has 1 unspecified atom stereocenters. The molecule has 0 radical (unpaired) electrons. The van der Waals surface area contributed by atoms with Crippen LogP contribution in [-0.4, -0.2) is 59.4 Å². The van der Waals surface area contributed by atoms with E-state index in [2.05, 4.69) is 4.98 Å². The van der Waals surface area contributed by atoms with Crippen molar-refractivity contribution in [3.05, 3.63) is 75.3 Å². The number of amides is 1. The van der Waals surface area contributed by atoms with E-state index in [1.807, 2.05) is 0 Å². The lowest BCUT2D eigenvalue weighted by Gasteiger charge is -2.22. The van der Waals surface area contributed by atoms with Gasteiger partial charge in [0.2, 0.25) is 5.88 Å². The van der Waals surface area contributed by atoms with Crippen molar-refractivity contribution in [2.24, 2.45) is 0 Å². The van der Waals surface area contributed by atoms with Crippen molar-refractivity contribution in [1.29, 1.82) is 0 Å². The Hall–Kier alpha value is -3.99. The van der Waals surface area contributed by atoms with Crippen LogP contribution in [0.15, 0.2) is 41.2 Å². The molecule has 2 heterocycles. The number of rotatable bonds is 8. The van der Waals surface area contributed by atoms with Crippen molar-refractivity contribution in [3.8, 4) is 23.1 Å². The van der Waals surface area contributed by atoms with Crippen LogP contribution in [0.2, 0.25) is 0 Å². The minimum atomic E-state index is -0.956. The molecule has 11 heteroatoms. The average Bonchev–Trinajstić information content (AvgIpc) is 3.36. The highest BCUT2D eigenvalue weighted by Gasteiger charge is 2.35. The summed E-state index contributed by atoms with van der Waals surface area (Å²) in [5.41, 5.74) is -1.43. The van der Waals surface area contributed by atoms with Gasteiger partial charge in [0.1, 0.15) is 41.3 Å². The van der Waals surface area contributed by atoms with Gasteiger partial charge < -0.3 is 24.2 Å². The zero-order valence-electron chi connectivity index (χ0n) is 20.7. The molecule has 1 amide bonds. The first kappa shape index (κ1) is 26.1. The number of methoxy groups -OCH3 is 2. The number of hydrogen-bond donors (Lipinski definition) is 1. The number of carbonyl (C=O) groups excluding carboxylic acids is 1. The molecular weight excluding hydrogens is 488 g/mol. The summed E-state index contributed by atoms with van der Waals surface area (Å²) in [6, 6.07) is 8.51. The molecule has 1 atom stereocenters. The van der Waals surface area contributed by atoms with Crippen LogP contribution < -0.4 is 15.0 Å². The van der Waals surface area contributed by atoms with Crippen molar-refractivity contribution in [1.82, 2.24) is 14.5 Å². The third kappa shape index (κ3) is 4.86. The van der Waals surface area contributed by atoms with Gasteiger partial charge >= 0.3 is 0 Å². The Morgan fingerprint density at radius 3 is 2.32 bits per heavy atom. The molecule has 37 heavy (non-hydrogen) atoms. The van der Waals surface area contributed by atoms with Gasteiger partial charge in [0, 0.05) is 31.2 Å². The van der Waals surface area contributed by atoms with Gasteiger partial charge in [-0.1, -0.05) is 12.1 Å². The SMILES string of the molecule is CCOCc1nc(=O)c(C(=O)N2CCC(c3c(F)cccc3F)C2)c(O)n1-c1c(OC)cccc1OC. The monoisotopic (exact) mass is 515 g/mol. The van der Waals surface area contributed by atoms with Gasteiger partial charge in [-0.25, -0.2) is 8.78 Å². The topological polar surface area (TPSA) is 103 Å². The summed E-state index contributed by atoms with van der Waals surface area (Å²) in [6.45, 7) is 2.02. The first-order valence-corrected chi connectivity index (χ1v) is 11.7. The molecule has 2 aromatic carbocycles. The Morgan fingerprint density at radius 2 is 1.73 bits per heavy atom. The van der Waals surface area contributed by atoms with Crippen LogP contribution >= 0.6 is 0 Å². The van der Waals surface area contributed by atoms with E-state index < -0.39 is 40.5 Å². The first-order valence-electron chi connectivity index (χ1n) is 11.7. The first-order chi connectivity index (χ1) is 17.8. The van der Waals surface area contributed by atoms with Crippen LogP contribution in [0.3, 0.4) is 0 Å². The molecule has 0 saturated carbocycles. The average molecular weight is 516 g/mol. The largest absolute Gasteiger partial charge is 0.494 e. The molecule has 196 valence electrons. The van der Waals surface area contributed by atoms with Crippen LogP contribution in [0.5, 0.6) is 17.4 Å². The van der Waals surface area contributed by atoms with Crippen molar-refractivity contribution in [3.63, 3.8) is 0 Å². The quantitative estimate of drug-likeness (QED) is 0.491. The fraction of sp³-hybridized carbons (Fsp3) is 0.346. The molecule has 1 aliphatic rings. The van der Waals surface area contributed by atoms with E-state index in [0.29, 0.717) is 6.61 Å². The second kappa shape index (κ2) is 11.0. The maximum absolute atomic E-state index is 14.3. The molecule has 0 bridgehead atoms. The molecule has 1 aromatic heterocycles. The highest BCUT2D eigenvalue weighted by Crippen LogP contribution is 2.37. The Bertz CT molecular complexity index is 1330. The summed E-state index contributed by atoms with van der Waals surface area (Å²) >= 11 is 0. The minimum Gasteiger partial charge on any atom is -0.494 e. The van der Waals surface area contributed by atoms with Gasteiger partial charge in [-0.05, 0) is 37.6 Å². The Balaban J connectivity index is 1.80. The van der Waals surface area contributed by atoms with Crippen molar-refractivity contribution in [2.75, 3.05) is 33.9 Å². The molecule has 1 N–H and O–H groups in total. The van der Waals surface area contributed by atoms with Gasteiger partial charge in [0.25, 0.3) is 11.5 Å². The summed E-state index contributed by atoms with van der Waals surface area (Å²) in [4.78, 5) is 31.8. The molecule has 0 aliphatic carbocycles. The third-order valence-electron chi connectivity index (χ3n) is 6.30. The molecule has 9 nitrogen and oxygen atoms in total. The number of hydrogen-bond acceptors (Lipinski definition) is 7. The predicted molar refractivity (Wildman–Crippen MR) is 130 cm³/mol. The van der Waals surface area contributed by atoms with Gasteiger partial charge in [-0.3, -0.25) is 14.2 Å². The van der Waals surface area contributed by atoms with E-state index in [1.165, 1.54) is 29.8 Å². The second-order valence-corrected chi connectivity index (χ2v) is 8.39. The molecule has 1 fully saturated rings. The smallest absolute Gasteiger partial charge is 0.289 e. The van der Waals surface area contributed by atoms with Gasteiger partial charge in [-0.15, -0.1) is 0 Å². The van der Waals surface area contributed by atoms with Crippen LogP contribution in [0.1, 0.15) is 41.0 Å². The number of likely N-dealkylation sites (tertiary alicyclic amines) is 1. The number of aromatic hydroxyl groups is 1. The summed E-state index contributed by atoms with van der Waals surface area (Å²) in [7, 11) is 2.84. The van der Waals surface area contributed by atoms with E-state index in [-0.39, 0.29) is 54.7 Å². The lowest BCUT2D eigenvalue weighted by Crippen LogP contribution is -2.35. The molecule has 4 rings (SSSR count). The lowest BCUT2D eigenvalue weighted by atomic mass is 9.97. The molecule has 3 aromatic rings. The van der Waals surface area contributed by atoms with Crippen LogP contribution in [0.4, 0.5) is 8.78 Å². The second-order valence-electron chi connectivity index (χ2n) is 8.39. The molecule has 1 aliphatic heterocycles. The van der Waals surface area contributed by atoms with Gasteiger partial charge in [0.05, 0.1) is 14.2 Å². The van der Waals surface area contributed by atoms with Crippen molar-refractivity contribution >= 4 is 5.91 Å². The van der Waals surface area contributed by atoms with Crippen LogP contribution in [0, 0.1) is 11.6 Å². The Labute approximate surface area is 211 Å². The highest BCUT2D eigenvalue weighted by molar-refractivity contribution is 5.96. The maximum atomic E-state index is 14.3. The highest BCUT2D eigenvalue weighted by atomic mass is 19.1. The summed E-state index contributed by atoms with van der Waals surface area (Å²) in [5, 5.41) is 11.3. The van der Waals surface area contributed by atoms with E-state index >= 15 is 0 Å². The van der Waals surface area contributed by atoms with E-state index in [4.69, 9.17) is 14.2 Å². The number of carbonyl (C=O) groups is 1. The standard InChI is InChI=1S/C26H27F2N3O6/c1-4-37-14-20-29-24(32)22(26(34)31(20)23-18(35-2)9-6-10-19(23)36-3)25(33)30-12-11-15(13-30)21-16(27)7-5-8-17(21)28/h5-10,15,34H,4,11-14H2,1-3H3.